The number of fused-ring (bicyclic) bond motifs is 1. The second-order valence-corrected chi connectivity index (χ2v) is 4.91. The van der Waals surface area contributed by atoms with Crippen LogP contribution in [-0.2, 0) is 15.1 Å². The molecule has 1 amide bonds. The minimum absolute atomic E-state index is 0.328. The summed E-state index contributed by atoms with van der Waals surface area (Å²) in [6.07, 6.45) is 1.82. The van der Waals surface area contributed by atoms with Crippen molar-refractivity contribution >= 4 is 12.4 Å². The average Bonchev–Trinajstić information content (AvgIpc) is 2.38. The monoisotopic (exact) mass is 247 g/mol. The Kier molecular flexibility index (Phi) is 3.11. The number of hydrogen-bond donors (Lipinski definition) is 1. The van der Waals surface area contributed by atoms with Crippen molar-refractivity contribution in [3.8, 4) is 0 Å². The van der Waals surface area contributed by atoms with Crippen LogP contribution >= 0.6 is 0 Å². The predicted octanol–water partition coefficient (Wildman–Crippen LogP) is 1.95. The smallest absolute Gasteiger partial charge is 0.334 e. The Morgan fingerprint density at radius 2 is 2.17 bits per heavy atom. The molecule has 0 saturated carbocycles. The zero-order valence-corrected chi connectivity index (χ0v) is 10.6. The molecule has 1 aromatic carbocycles. The van der Waals surface area contributed by atoms with Crippen LogP contribution in [0.5, 0.6) is 0 Å². The average molecular weight is 247 g/mol. The highest BCUT2D eigenvalue weighted by molar-refractivity contribution is 5.84. The fraction of sp³-hybridized carbons (Fsp3) is 0.429. The lowest BCUT2D eigenvalue weighted by Gasteiger charge is -2.42. The highest BCUT2D eigenvalue weighted by atomic mass is 16.4. The molecule has 1 aliphatic carbocycles. The van der Waals surface area contributed by atoms with Crippen LogP contribution in [0.1, 0.15) is 36.8 Å². The maximum atomic E-state index is 11.7. The lowest BCUT2D eigenvalue weighted by atomic mass is 9.71. The van der Waals surface area contributed by atoms with E-state index in [9.17, 15) is 14.7 Å². The number of nitrogens with zero attached hydrogens (tertiary/aromatic N) is 1. The van der Waals surface area contributed by atoms with Crippen LogP contribution in [-0.4, -0.2) is 29.4 Å². The molecule has 1 aliphatic rings. The molecule has 1 N–H and O–H groups in total. The van der Waals surface area contributed by atoms with Crippen LogP contribution in [0, 0.1) is 0 Å². The summed E-state index contributed by atoms with van der Waals surface area (Å²) in [6, 6.07) is 7.51. The summed E-state index contributed by atoms with van der Waals surface area (Å²) in [5.41, 5.74) is 0.552. The van der Waals surface area contributed by atoms with Crippen LogP contribution in [0.3, 0.4) is 0 Å². The van der Waals surface area contributed by atoms with E-state index in [4.69, 9.17) is 0 Å². The van der Waals surface area contributed by atoms with Gasteiger partial charge in [0.25, 0.3) is 0 Å². The summed E-state index contributed by atoms with van der Waals surface area (Å²) in [7, 11) is 1.54. The third kappa shape index (κ3) is 1.60. The number of aliphatic carboxylic acids is 1. The van der Waals surface area contributed by atoms with Crippen molar-refractivity contribution in [3.05, 3.63) is 35.4 Å². The first-order valence-corrected chi connectivity index (χ1v) is 6.05. The number of carboxylic acid groups (broad SMARTS) is 1. The number of amides is 1. The second kappa shape index (κ2) is 4.44. The summed E-state index contributed by atoms with van der Waals surface area (Å²) in [5.74, 6) is -0.634. The van der Waals surface area contributed by atoms with Crippen molar-refractivity contribution in [1.29, 1.82) is 0 Å². The second-order valence-electron chi connectivity index (χ2n) is 4.91. The molecule has 0 radical (unpaired) electrons. The van der Waals surface area contributed by atoms with Gasteiger partial charge in [0.2, 0.25) is 6.41 Å². The molecule has 0 fully saturated rings. The summed E-state index contributed by atoms with van der Waals surface area (Å²) >= 11 is 0. The fourth-order valence-electron chi connectivity index (χ4n) is 2.85. The Morgan fingerprint density at radius 1 is 1.50 bits per heavy atom. The Morgan fingerprint density at radius 3 is 2.78 bits per heavy atom. The lowest BCUT2D eigenvalue weighted by Crippen LogP contribution is -2.51. The van der Waals surface area contributed by atoms with Crippen LogP contribution in [0.15, 0.2) is 24.3 Å². The maximum Gasteiger partial charge on any atom is 0.334 e. The van der Waals surface area contributed by atoms with Crippen molar-refractivity contribution in [1.82, 2.24) is 4.90 Å². The SMILES string of the molecule is CC1CCC(C(=O)O)(N(C)C=O)c2ccccc21. The van der Waals surface area contributed by atoms with Crippen molar-refractivity contribution in [2.75, 3.05) is 7.05 Å². The lowest BCUT2D eigenvalue weighted by molar-refractivity contribution is -0.156. The van der Waals surface area contributed by atoms with Gasteiger partial charge in [-0.15, -0.1) is 0 Å². The standard InChI is InChI=1S/C14H17NO3/c1-10-7-8-14(13(17)18,15(2)9-16)12-6-4-3-5-11(10)12/h3-6,9-10H,7-8H2,1-2H3,(H,17,18). The van der Waals surface area contributed by atoms with Gasteiger partial charge < -0.3 is 10.0 Å². The van der Waals surface area contributed by atoms with Gasteiger partial charge in [0.1, 0.15) is 0 Å². The molecule has 96 valence electrons. The summed E-state index contributed by atoms with van der Waals surface area (Å²) in [4.78, 5) is 24.1. The van der Waals surface area contributed by atoms with E-state index in [0.29, 0.717) is 18.7 Å². The Bertz CT molecular complexity index is 486. The van der Waals surface area contributed by atoms with E-state index in [0.717, 1.165) is 17.5 Å². The largest absolute Gasteiger partial charge is 0.479 e. The molecule has 18 heavy (non-hydrogen) atoms. The Hall–Kier alpha value is -1.84. The van der Waals surface area contributed by atoms with Crippen molar-refractivity contribution in [2.45, 2.75) is 31.2 Å². The van der Waals surface area contributed by atoms with Gasteiger partial charge in [0, 0.05) is 7.05 Å². The highest BCUT2D eigenvalue weighted by Crippen LogP contribution is 2.44. The molecule has 0 aromatic heterocycles. The first-order chi connectivity index (χ1) is 8.54. The summed E-state index contributed by atoms with van der Waals surface area (Å²) in [5, 5.41) is 9.62. The van der Waals surface area contributed by atoms with E-state index in [1.54, 1.807) is 0 Å². The topological polar surface area (TPSA) is 57.6 Å². The molecule has 0 aliphatic heterocycles. The molecule has 0 saturated heterocycles. The molecule has 0 bridgehead atoms. The number of rotatable bonds is 3. The fourth-order valence-corrected chi connectivity index (χ4v) is 2.85. The molecule has 4 nitrogen and oxygen atoms in total. The molecule has 0 spiro atoms. The molecule has 2 atom stereocenters. The van der Waals surface area contributed by atoms with Crippen molar-refractivity contribution in [2.24, 2.45) is 0 Å². The molecule has 2 unspecified atom stereocenters. The minimum Gasteiger partial charge on any atom is -0.479 e. The Labute approximate surface area is 106 Å². The van der Waals surface area contributed by atoms with E-state index in [1.807, 2.05) is 24.3 Å². The number of carboxylic acids is 1. The number of carbonyl (C=O) groups excluding carboxylic acids is 1. The van der Waals surface area contributed by atoms with Gasteiger partial charge in [0.15, 0.2) is 5.54 Å². The molecular weight excluding hydrogens is 230 g/mol. The maximum absolute atomic E-state index is 11.7. The molecule has 2 rings (SSSR count). The predicted molar refractivity (Wildman–Crippen MR) is 67.2 cm³/mol. The number of hydrogen-bond acceptors (Lipinski definition) is 2. The molecule has 0 heterocycles. The van der Waals surface area contributed by atoms with Gasteiger partial charge in [-0.05, 0) is 29.9 Å². The minimum atomic E-state index is -1.22. The van der Waals surface area contributed by atoms with Gasteiger partial charge in [0.05, 0.1) is 0 Å². The highest BCUT2D eigenvalue weighted by Gasteiger charge is 2.48. The number of carbonyl (C=O) groups is 2. The zero-order valence-electron chi connectivity index (χ0n) is 10.6. The van der Waals surface area contributed by atoms with Gasteiger partial charge in [-0.25, -0.2) is 4.79 Å². The van der Waals surface area contributed by atoms with Gasteiger partial charge >= 0.3 is 5.97 Å². The third-order valence-corrected chi connectivity index (χ3v) is 3.99. The normalized spacial score (nSPS) is 26.2. The first-order valence-electron chi connectivity index (χ1n) is 6.05. The van der Waals surface area contributed by atoms with Crippen LogP contribution in [0.4, 0.5) is 0 Å². The van der Waals surface area contributed by atoms with Gasteiger partial charge in [-0.3, -0.25) is 4.79 Å². The van der Waals surface area contributed by atoms with Crippen LogP contribution < -0.4 is 0 Å². The quantitative estimate of drug-likeness (QED) is 0.830. The van der Waals surface area contributed by atoms with E-state index in [-0.39, 0.29) is 0 Å². The molecular formula is C14H17NO3. The zero-order chi connectivity index (χ0) is 13.3. The number of benzene rings is 1. The van der Waals surface area contributed by atoms with Gasteiger partial charge in [-0.1, -0.05) is 31.2 Å². The third-order valence-electron chi connectivity index (χ3n) is 3.99. The van der Waals surface area contributed by atoms with Crippen molar-refractivity contribution in [3.63, 3.8) is 0 Å². The van der Waals surface area contributed by atoms with E-state index in [2.05, 4.69) is 6.92 Å². The first kappa shape index (κ1) is 12.6. The van der Waals surface area contributed by atoms with E-state index in [1.165, 1.54) is 11.9 Å². The number of likely N-dealkylation sites (N-methyl/N-ethyl adjacent to an activating group) is 1. The summed E-state index contributed by atoms with van der Waals surface area (Å²) in [6.45, 7) is 2.09. The van der Waals surface area contributed by atoms with Crippen molar-refractivity contribution < 1.29 is 14.7 Å². The van der Waals surface area contributed by atoms with Crippen LogP contribution in [0.2, 0.25) is 0 Å². The van der Waals surface area contributed by atoms with E-state index >= 15 is 0 Å². The summed E-state index contributed by atoms with van der Waals surface area (Å²) < 4.78 is 0. The van der Waals surface area contributed by atoms with E-state index < -0.39 is 11.5 Å². The Balaban J connectivity index is 2.67. The van der Waals surface area contributed by atoms with Gasteiger partial charge in [-0.2, -0.15) is 0 Å². The molecule has 4 heteroatoms. The molecule has 1 aromatic rings. The van der Waals surface area contributed by atoms with Crippen LogP contribution in [0.25, 0.3) is 0 Å².